The first-order valence-electron chi connectivity index (χ1n) is 6.14. The Morgan fingerprint density at radius 3 is 2.33 bits per heavy atom. The molecular formula is C15H14ClNO4. The molecule has 110 valence electrons. The number of rotatable bonds is 3. The van der Waals surface area contributed by atoms with Crippen LogP contribution in [0.2, 0.25) is 5.02 Å². The van der Waals surface area contributed by atoms with Gasteiger partial charge in [0.1, 0.15) is 5.75 Å². The van der Waals surface area contributed by atoms with Gasteiger partial charge in [-0.15, -0.1) is 0 Å². The molecule has 0 N–H and O–H groups in total. The summed E-state index contributed by atoms with van der Waals surface area (Å²) in [6.45, 7) is 1.64. The molecule has 2 rings (SSSR count). The van der Waals surface area contributed by atoms with Crippen LogP contribution in [0.5, 0.6) is 5.75 Å². The van der Waals surface area contributed by atoms with Crippen molar-refractivity contribution in [3.63, 3.8) is 0 Å². The van der Waals surface area contributed by atoms with Crippen LogP contribution >= 0.6 is 11.6 Å². The van der Waals surface area contributed by atoms with Gasteiger partial charge in [-0.1, -0.05) is 11.6 Å². The van der Waals surface area contributed by atoms with Gasteiger partial charge in [-0.05, 0) is 31.2 Å². The van der Waals surface area contributed by atoms with Crippen LogP contribution in [0.4, 0.5) is 0 Å². The van der Waals surface area contributed by atoms with E-state index >= 15 is 0 Å². The summed E-state index contributed by atoms with van der Waals surface area (Å²) >= 11 is 5.98. The zero-order valence-corrected chi connectivity index (χ0v) is 12.6. The number of carbonyl (C=O) groups is 1. The summed E-state index contributed by atoms with van der Waals surface area (Å²) in [5, 5.41) is 0.0779. The van der Waals surface area contributed by atoms with E-state index in [1.165, 1.54) is 17.7 Å². The maximum Gasteiger partial charge on any atom is 0.341 e. The molecule has 2 aromatic rings. The largest absolute Gasteiger partial charge is 0.497 e. The first kappa shape index (κ1) is 15.1. The van der Waals surface area contributed by atoms with Crippen LogP contribution in [0.3, 0.4) is 0 Å². The molecule has 0 amide bonds. The summed E-state index contributed by atoms with van der Waals surface area (Å²) in [6.07, 6.45) is 0. The fraction of sp³-hybridized carbons (Fsp3) is 0.200. The number of esters is 1. The predicted octanol–water partition coefficient (Wildman–Crippen LogP) is 2.59. The smallest absolute Gasteiger partial charge is 0.341 e. The lowest BCUT2D eigenvalue weighted by molar-refractivity contribution is 0.0599. The van der Waals surface area contributed by atoms with Crippen molar-refractivity contribution in [2.45, 2.75) is 6.92 Å². The lowest BCUT2D eigenvalue weighted by Gasteiger charge is -2.14. The lowest BCUT2D eigenvalue weighted by atomic mass is 10.1. The average molecular weight is 308 g/mol. The monoisotopic (exact) mass is 307 g/mol. The standard InChI is InChI=1S/C15H14ClNO4/c1-9-14(15(19)21-3)12(16)8-13(18)17(9)10-4-6-11(20-2)7-5-10/h4-8H,1-3H3. The van der Waals surface area contributed by atoms with Gasteiger partial charge < -0.3 is 9.47 Å². The minimum atomic E-state index is -0.584. The van der Waals surface area contributed by atoms with Crippen LogP contribution in [-0.2, 0) is 4.74 Å². The van der Waals surface area contributed by atoms with Crippen molar-refractivity contribution in [1.29, 1.82) is 0 Å². The minimum Gasteiger partial charge on any atom is -0.497 e. The van der Waals surface area contributed by atoms with Gasteiger partial charge in [0.05, 0.1) is 24.8 Å². The molecule has 0 atom stereocenters. The predicted molar refractivity (Wildman–Crippen MR) is 79.7 cm³/mol. The summed E-state index contributed by atoms with van der Waals surface area (Å²) < 4.78 is 11.2. The number of hydrogen-bond donors (Lipinski definition) is 0. The van der Waals surface area contributed by atoms with Gasteiger partial charge in [-0.3, -0.25) is 9.36 Å². The molecule has 1 aromatic heterocycles. The van der Waals surface area contributed by atoms with E-state index in [2.05, 4.69) is 0 Å². The second-order valence-corrected chi connectivity index (χ2v) is 4.72. The minimum absolute atomic E-state index is 0.0779. The van der Waals surface area contributed by atoms with Crippen molar-refractivity contribution in [3.05, 3.63) is 57.0 Å². The van der Waals surface area contributed by atoms with E-state index in [9.17, 15) is 9.59 Å². The summed E-state index contributed by atoms with van der Waals surface area (Å²) in [5.74, 6) is 0.0892. The van der Waals surface area contributed by atoms with Crippen molar-refractivity contribution in [3.8, 4) is 11.4 Å². The molecule has 0 spiro atoms. The Kier molecular flexibility index (Phi) is 4.33. The Bertz CT molecular complexity index is 735. The van der Waals surface area contributed by atoms with Gasteiger partial charge in [0.25, 0.3) is 5.56 Å². The molecule has 5 nitrogen and oxygen atoms in total. The van der Waals surface area contributed by atoms with Crippen LogP contribution in [0, 0.1) is 6.92 Å². The molecule has 1 heterocycles. The second-order valence-electron chi connectivity index (χ2n) is 4.32. The Morgan fingerprint density at radius 1 is 1.19 bits per heavy atom. The quantitative estimate of drug-likeness (QED) is 0.818. The van der Waals surface area contributed by atoms with Gasteiger partial charge in [0, 0.05) is 17.4 Å². The highest BCUT2D eigenvalue weighted by Gasteiger charge is 2.19. The van der Waals surface area contributed by atoms with Gasteiger partial charge >= 0.3 is 5.97 Å². The van der Waals surface area contributed by atoms with Crippen molar-refractivity contribution in [2.75, 3.05) is 14.2 Å². The molecular weight excluding hydrogens is 294 g/mol. The molecule has 0 unspecified atom stereocenters. The number of pyridine rings is 1. The third-order valence-electron chi connectivity index (χ3n) is 3.13. The number of carbonyl (C=O) groups excluding carboxylic acids is 1. The molecule has 0 bridgehead atoms. The number of ether oxygens (including phenoxy) is 2. The van der Waals surface area contributed by atoms with E-state index in [4.69, 9.17) is 21.1 Å². The zero-order chi connectivity index (χ0) is 15.6. The van der Waals surface area contributed by atoms with Gasteiger partial charge in [-0.25, -0.2) is 4.79 Å². The normalized spacial score (nSPS) is 10.3. The molecule has 0 saturated carbocycles. The van der Waals surface area contributed by atoms with Crippen molar-refractivity contribution in [1.82, 2.24) is 4.57 Å². The fourth-order valence-electron chi connectivity index (χ4n) is 2.09. The lowest BCUT2D eigenvalue weighted by Crippen LogP contribution is -2.23. The Morgan fingerprint density at radius 2 is 1.81 bits per heavy atom. The first-order chi connectivity index (χ1) is 9.99. The average Bonchev–Trinajstić information content (AvgIpc) is 2.47. The van der Waals surface area contributed by atoms with Crippen molar-refractivity contribution < 1.29 is 14.3 Å². The number of methoxy groups -OCH3 is 2. The van der Waals surface area contributed by atoms with Gasteiger partial charge in [0.15, 0.2) is 0 Å². The molecule has 0 aliphatic carbocycles. The molecule has 6 heteroatoms. The number of hydrogen-bond acceptors (Lipinski definition) is 4. The highest BCUT2D eigenvalue weighted by atomic mass is 35.5. The third-order valence-corrected chi connectivity index (χ3v) is 3.42. The first-order valence-corrected chi connectivity index (χ1v) is 6.52. The summed E-state index contributed by atoms with van der Waals surface area (Å²) in [4.78, 5) is 24.0. The van der Waals surface area contributed by atoms with E-state index in [1.807, 2.05) is 0 Å². The van der Waals surface area contributed by atoms with E-state index < -0.39 is 5.97 Å². The topological polar surface area (TPSA) is 57.5 Å². The maximum absolute atomic E-state index is 12.2. The number of nitrogens with zero attached hydrogens (tertiary/aromatic N) is 1. The molecule has 0 aliphatic heterocycles. The Balaban J connectivity index is 2.68. The molecule has 0 saturated heterocycles. The van der Waals surface area contributed by atoms with E-state index in [1.54, 1.807) is 38.3 Å². The van der Waals surface area contributed by atoms with Crippen LogP contribution in [0.25, 0.3) is 5.69 Å². The Hall–Kier alpha value is -2.27. The molecule has 0 radical (unpaired) electrons. The highest BCUT2D eigenvalue weighted by Crippen LogP contribution is 2.22. The van der Waals surface area contributed by atoms with E-state index in [0.717, 1.165) is 0 Å². The zero-order valence-electron chi connectivity index (χ0n) is 11.8. The molecule has 0 fully saturated rings. The SMILES string of the molecule is COC(=O)c1c(Cl)cc(=O)n(-c2ccc(OC)cc2)c1C. The Labute approximate surface area is 126 Å². The maximum atomic E-state index is 12.2. The number of aromatic nitrogens is 1. The van der Waals surface area contributed by atoms with Gasteiger partial charge in [0.2, 0.25) is 0 Å². The fourth-order valence-corrected chi connectivity index (χ4v) is 2.40. The van der Waals surface area contributed by atoms with Crippen molar-refractivity contribution >= 4 is 17.6 Å². The molecule has 1 aromatic carbocycles. The van der Waals surface area contributed by atoms with Gasteiger partial charge in [-0.2, -0.15) is 0 Å². The molecule has 21 heavy (non-hydrogen) atoms. The van der Waals surface area contributed by atoms with E-state index in [-0.39, 0.29) is 16.1 Å². The van der Waals surface area contributed by atoms with Crippen LogP contribution in [-0.4, -0.2) is 24.8 Å². The number of benzene rings is 1. The number of halogens is 1. The van der Waals surface area contributed by atoms with Crippen LogP contribution < -0.4 is 10.3 Å². The van der Waals surface area contributed by atoms with Crippen LogP contribution in [0.15, 0.2) is 35.1 Å². The summed E-state index contributed by atoms with van der Waals surface area (Å²) in [5.41, 5.74) is 0.884. The third kappa shape index (κ3) is 2.78. The highest BCUT2D eigenvalue weighted by molar-refractivity contribution is 6.33. The molecule has 0 aliphatic rings. The van der Waals surface area contributed by atoms with Crippen LogP contribution in [0.1, 0.15) is 16.1 Å². The van der Waals surface area contributed by atoms with Crippen molar-refractivity contribution in [2.24, 2.45) is 0 Å². The summed E-state index contributed by atoms with van der Waals surface area (Å²) in [7, 11) is 2.82. The van der Waals surface area contributed by atoms with E-state index in [0.29, 0.717) is 17.1 Å². The second kappa shape index (κ2) is 6.01. The summed E-state index contributed by atoms with van der Waals surface area (Å²) in [6, 6.07) is 8.11.